The Balaban J connectivity index is 1.93. The van der Waals surface area contributed by atoms with Gasteiger partial charge in [-0.05, 0) is 46.8 Å². The van der Waals surface area contributed by atoms with Crippen molar-refractivity contribution in [1.82, 2.24) is 0 Å². The van der Waals surface area contributed by atoms with E-state index >= 15 is 0 Å². The molecule has 0 atom stereocenters. The quantitative estimate of drug-likeness (QED) is 0.376. The monoisotopic (exact) mass is 338 g/mol. The maximum atomic E-state index is 6.34. The summed E-state index contributed by atoms with van der Waals surface area (Å²) in [6.45, 7) is 11.7. The molecule has 1 nitrogen and oxygen atoms in total. The zero-order chi connectivity index (χ0) is 17.4. The van der Waals surface area contributed by atoms with Gasteiger partial charge in [0.2, 0.25) is 0 Å². The zero-order valence-electron chi connectivity index (χ0n) is 15.3. The molecule has 0 unspecified atom stereocenters. The van der Waals surface area contributed by atoms with Gasteiger partial charge in [0.05, 0.1) is 6.61 Å². The Labute approximate surface area is 148 Å². The van der Waals surface area contributed by atoms with E-state index in [1.165, 1.54) is 40.4 Å². The predicted molar refractivity (Wildman–Crippen MR) is 108 cm³/mol. The number of hydrogen-bond donors (Lipinski definition) is 0. The molecule has 0 saturated heterocycles. The van der Waals surface area contributed by atoms with E-state index < -0.39 is 8.32 Å². The summed E-state index contributed by atoms with van der Waals surface area (Å²) in [6, 6.07) is 22.9. The third-order valence-electron chi connectivity index (χ3n) is 5.03. The van der Waals surface area contributed by atoms with Gasteiger partial charge in [-0.25, -0.2) is 0 Å². The maximum Gasteiger partial charge on any atom is 0.192 e. The van der Waals surface area contributed by atoms with E-state index in [4.69, 9.17) is 4.43 Å². The van der Waals surface area contributed by atoms with Crippen LogP contribution in [0.3, 0.4) is 0 Å². The van der Waals surface area contributed by atoms with E-state index in [1.54, 1.807) is 0 Å². The summed E-state index contributed by atoms with van der Waals surface area (Å²) in [5, 5.41) is 0. The molecule has 0 spiro atoms. The smallest absolute Gasteiger partial charge is 0.192 e. The van der Waals surface area contributed by atoms with Gasteiger partial charge in [0.15, 0.2) is 8.32 Å². The highest BCUT2D eigenvalue weighted by atomic mass is 28.4. The lowest BCUT2D eigenvalue weighted by molar-refractivity contribution is 0.330. The minimum absolute atomic E-state index is 0.710. The molecule has 2 heteroatoms. The van der Waals surface area contributed by atoms with Gasteiger partial charge >= 0.3 is 0 Å². The second-order valence-corrected chi connectivity index (χ2v) is 11.3. The van der Waals surface area contributed by atoms with Crippen LogP contribution in [0, 0.1) is 0 Å². The van der Waals surface area contributed by atoms with E-state index in [2.05, 4.69) is 75.9 Å². The Hall–Kier alpha value is -1.64. The molecular formula is C22H30OSi. The Morgan fingerprint density at radius 2 is 1.38 bits per heavy atom. The normalized spacial score (nSPS) is 11.5. The molecule has 0 radical (unpaired) electrons. The molecule has 0 bridgehead atoms. The fourth-order valence-corrected chi connectivity index (χ4v) is 5.72. The van der Waals surface area contributed by atoms with E-state index in [1.807, 2.05) is 6.07 Å². The van der Waals surface area contributed by atoms with Gasteiger partial charge in [-0.3, -0.25) is 0 Å². The molecule has 2 rings (SSSR count). The molecule has 0 saturated carbocycles. The molecule has 0 N–H and O–H groups in total. The lowest BCUT2D eigenvalue weighted by Gasteiger charge is -2.28. The molecular weight excluding hydrogens is 308 g/mol. The van der Waals surface area contributed by atoms with Crippen LogP contribution in [-0.2, 0) is 10.8 Å². The van der Waals surface area contributed by atoms with E-state index in [9.17, 15) is 0 Å². The summed E-state index contributed by atoms with van der Waals surface area (Å²) in [6.07, 6.45) is 0.899. The van der Waals surface area contributed by atoms with Gasteiger partial charge in [-0.2, -0.15) is 0 Å². The minimum Gasteiger partial charge on any atom is -0.413 e. The summed E-state index contributed by atoms with van der Waals surface area (Å²) in [4.78, 5) is 0. The maximum absolute atomic E-state index is 6.34. The number of hydrogen-bond acceptors (Lipinski definition) is 1. The van der Waals surface area contributed by atoms with Crippen LogP contribution in [0.5, 0.6) is 0 Å². The summed E-state index contributed by atoms with van der Waals surface area (Å²) in [5.41, 5.74) is 5.00. The molecule has 24 heavy (non-hydrogen) atoms. The second-order valence-electron chi connectivity index (χ2n) is 6.52. The average Bonchev–Trinajstić information content (AvgIpc) is 2.65. The van der Waals surface area contributed by atoms with Crippen molar-refractivity contribution in [2.45, 2.75) is 45.3 Å². The number of benzene rings is 2. The Bertz CT molecular complexity index is 619. The van der Waals surface area contributed by atoms with E-state index in [-0.39, 0.29) is 0 Å². The Morgan fingerprint density at radius 1 is 0.833 bits per heavy atom. The van der Waals surface area contributed by atoms with Gasteiger partial charge in [0, 0.05) is 0 Å². The molecule has 0 aliphatic carbocycles. The molecule has 2 aromatic carbocycles. The second kappa shape index (κ2) is 9.00. The van der Waals surface area contributed by atoms with Crippen molar-refractivity contribution >= 4 is 8.32 Å². The van der Waals surface area contributed by atoms with Crippen LogP contribution in [0.2, 0.25) is 18.1 Å². The molecule has 0 heterocycles. The fraction of sp³-hybridized carbons (Fsp3) is 0.364. The van der Waals surface area contributed by atoms with Crippen molar-refractivity contribution in [1.29, 1.82) is 0 Å². The lowest BCUT2D eigenvalue weighted by Crippen LogP contribution is -2.36. The van der Waals surface area contributed by atoms with Gasteiger partial charge in [-0.1, -0.05) is 81.9 Å². The molecule has 0 aromatic heterocycles. The minimum atomic E-state index is -1.51. The SMILES string of the molecule is C=C(CO[Si](CC)(CC)CC)Cc1ccc(-c2ccccc2)cc1. The summed E-state index contributed by atoms with van der Waals surface area (Å²) >= 11 is 0. The standard InChI is InChI=1S/C22H30OSi/c1-5-24(6-2,7-3)23-18-19(4)17-20-13-15-22(16-14-20)21-11-9-8-10-12-21/h8-16H,4-7,17-18H2,1-3H3. The first-order chi connectivity index (χ1) is 11.6. The summed E-state index contributed by atoms with van der Waals surface area (Å²) in [5.74, 6) is 0. The van der Waals surface area contributed by atoms with Crippen molar-refractivity contribution in [3.05, 3.63) is 72.3 Å². The highest BCUT2D eigenvalue weighted by Gasteiger charge is 2.28. The van der Waals surface area contributed by atoms with Crippen LogP contribution in [0.25, 0.3) is 11.1 Å². The molecule has 0 amide bonds. The van der Waals surface area contributed by atoms with Gasteiger partial charge in [-0.15, -0.1) is 0 Å². The molecule has 0 fully saturated rings. The van der Waals surface area contributed by atoms with Crippen LogP contribution in [-0.4, -0.2) is 14.9 Å². The third kappa shape index (κ3) is 4.92. The van der Waals surface area contributed by atoms with Crippen molar-refractivity contribution in [2.24, 2.45) is 0 Å². The first-order valence-electron chi connectivity index (χ1n) is 9.07. The average molecular weight is 339 g/mol. The lowest BCUT2D eigenvalue weighted by atomic mass is 10.0. The Kier molecular flexibility index (Phi) is 7.01. The summed E-state index contributed by atoms with van der Waals surface area (Å²) < 4.78 is 6.34. The van der Waals surface area contributed by atoms with Gasteiger partial charge in [0.1, 0.15) is 0 Å². The van der Waals surface area contributed by atoms with Crippen LogP contribution in [0.15, 0.2) is 66.7 Å². The van der Waals surface area contributed by atoms with Crippen LogP contribution in [0.1, 0.15) is 26.3 Å². The first-order valence-corrected chi connectivity index (χ1v) is 11.6. The fourth-order valence-electron chi connectivity index (χ4n) is 3.10. The number of rotatable bonds is 9. The van der Waals surface area contributed by atoms with E-state index in [0.717, 1.165) is 6.42 Å². The molecule has 0 aliphatic heterocycles. The van der Waals surface area contributed by atoms with Crippen LogP contribution in [0.4, 0.5) is 0 Å². The van der Waals surface area contributed by atoms with E-state index in [0.29, 0.717) is 6.61 Å². The van der Waals surface area contributed by atoms with Crippen molar-refractivity contribution in [3.63, 3.8) is 0 Å². The highest BCUT2D eigenvalue weighted by Crippen LogP contribution is 2.23. The summed E-state index contributed by atoms with van der Waals surface area (Å²) in [7, 11) is -1.51. The third-order valence-corrected chi connectivity index (χ3v) is 9.65. The largest absolute Gasteiger partial charge is 0.413 e. The predicted octanol–water partition coefficient (Wildman–Crippen LogP) is 6.47. The molecule has 0 aliphatic rings. The molecule has 128 valence electrons. The molecule has 2 aromatic rings. The zero-order valence-corrected chi connectivity index (χ0v) is 16.3. The Morgan fingerprint density at radius 3 is 1.92 bits per heavy atom. The van der Waals surface area contributed by atoms with Gasteiger partial charge < -0.3 is 4.43 Å². The van der Waals surface area contributed by atoms with Crippen LogP contribution >= 0.6 is 0 Å². The topological polar surface area (TPSA) is 9.23 Å². The van der Waals surface area contributed by atoms with Crippen molar-refractivity contribution < 1.29 is 4.43 Å². The first kappa shape index (κ1) is 18.7. The highest BCUT2D eigenvalue weighted by molar-refractivity contribution is 6.73. The van der Waals surface area contributed by atoms with Crippen LogP contribution < -0.4 is 0 Å². The van der Waals surface area contributed by atoms with Gasteiger partial charge in [0.25, 0.3) is 0 Å². The van der Waals surface area contributed by atoms with Crippen molar-refractivity contribution in [2.75, 3.05) is 6.61 Å². The van der Waals surface area contributed by atoms with Crippen molar-refractivity contribution in [3.8, 4) is 11.1 Å².